The molecule has 1 atom stereocenters. The molecule has 0 saturated carbocycles. The van der Waals surface area contributed by atoms with Crippen LogP contribution in [0, 0.1) is 20.8 Å². The summed E-state index contributed by atoms with van der Waals surface area (Å²) in [6, 6.07) is 5.63. The molecule has 0 aliphatic carbocycles. The molecule has 158 valence electrons. The molecule has 1 saturated heterocycles. The molecule has 0 radical (unpaired) electrons. The van der Waals surface area contributed by atoms with E-state index in [1.165, 1.54) is 28.4 Å². The average molecular weight is 429 g/mol. The van der Waals surface area contributed by atoms with Crippen molar-refractivity contribution in [3.05, 3.63) is 45.7 Å². The molecule has 29 heavy (non-hydrogen) atoms. The van der Waals surface area contributed by atoms with Crippen LogP contribution in [0.3, 0.4) is 0 Å². The molecule has 5 nitrogen and oxygen atoms in total. The highest BCUT2D eigenvalue weighted by Crippen LogP contribution is 2.35. The van der Waals surface area contributed by atoms with Crippen LogP contribution in [0.4, 0.5) is 18.9 Å². The number of halogens is 4. The van der Waals surface area contributed by atoms with E-state index < -0.39 is 22.9 Å². The summed E-state index contributed by atoms with van der Waals surface area (Å²) in [4.78, 5) is 16.0. The average Bonchev–Trinajstić information content (AvgIpc) is 2.97. The van der Waals surface area contributed by atoms with Gasteiger partial charge in [-0.1, -0.05) is 23.7 Å². The third-order valence-electron chi connectivity index (χ3n) is 5.62. The Kier molecular flexibility index (Phi) is 6.24. The third-order valence-corrected chi connectivity index (χ3v) is 6.07. The third kappa shape index (κ3) is 4.43. The maximum Gasteiger partial charge on any atom is 0.436 e. The number of anilines is 1. The van der Waals surface area contributed by atoms with E-state index >= 15 is 0 Å². The first-order valence-electron chi connectivity index (χ1n) is 9.44. The van der Waals surface area contributed by atoms with Gasteiger partial charge in [-0.05, 0) is 38.0 Å². The van der Waals surface area contributed by atoms with E-state index in [4.69, 9.17) is 11.6 Å². The molecule has 0 N–H and O–H groups in total. The van der Waals surface area contributed by atoms with E-state index in [-0.39, 0.29) is 12.2 Å². The summed E-state index contributed by atoms with van der Waals surface area (Å²) in [6.07, 6.45) is -3.85. The summed E-state index contributed by atoms with van der Waals surface area (Å²) < 4.78 is 40.3. The van der Waals surface area contributed by atoms with Crippen molar-refractivity contribution in [1.82, 2.24) is 14.7 Å². The molecule has 9 heteroatoms. The zero-order valence-electron chi connectivity index (χ0n) is 16.6. The highest BCUT2D eigenvalue weighted by atomic mass is 35.5. The Morgan fingerprint density at radius 3 is 2.38 bits per heavy atom. The second-order valence-corrected chi connectivity index (χ2v) is 7.75. The Bertz CT molecular complexity index is 889. The van der Waals surface area contributed by atoms with Crippen LogP contribution >= 0.6 is 11.6 Å². The first-order chi connectivity index (χ1) is 13.6. The number of aromatic nitrogens is 2. The largest absolute Gasteiger partial charge is 0.436 e. The molecule has 0 bridgehead atoms. The van der Waals surface area contributed by atoms with Crippen LogP contribution in [0.15, 0.2) is 18.2 Å². The Morgan fingerprint density at radius 2 is 1.83 bits per heavy atom. The Balaban J connectivity index is 1.70. The number of aryl methyl sites for hydroxylation is 1. The fourth-order valence-electron chi connectivity index (χ4n) is 3.68. The summed E-state index contributed by atoms with van der Waals surface area (Å²) in [5, 5.41) is 3.20. The van der Waals surface area contributed by atoms with E-state index in [2.05, 4.69) is 36.0 Å². The summed E-state index contributed by atoms with van der Waals surface area (Å²) in [5.41, 5.74) is 2.73. The van der Waals surface area contributed by atoms with Gasteiger partial charge in [-0.25, -0.2) is 0 Å². The van der Waals surface area contributed by atoms with Crippen molar-refractivity contribution in [2.24, 2.45) is 0 Å². The number of carbonyl (C=O) groups is 1. The zero-order valence-corrected chi connectivity index (χ0v) is 17.4. The lowest BCUT2D eigenvalue weighted by Crippen LogP contribution is -2.52. The summed E-state index contributed by atoms with van der Waals surface area (Å²) in [6.45, 7) is 8.42. The van der Waals surface area contributed by atoms with Crippen LogP contribution in [0.2, 0.25) is 5.02 Å². The molecular formula is C20H24ClF3N4O. The lowest BCUT2D eigenvalue weighted by atomic mass is 10.1. The molecule has 1 unspecified atom stereocenters. The van der Waals surface area contributed by atoms with E-state index in [9.17, 15) is 18.0 Å². The van der Waals surface area contributed by atoms with E-state index in [1.807, 2.05) is 11.0 Å². The highest BCUT2D eigenvalue weighted by molar-refractivity contribution is 6.31. The van der Waals surface area contributed by atoms with Gasteiger partial charge in [-0.15, -0.1) is 0 Å². The van der Waals surface area contributed by atoms with Gasteiger partial charge >= 0.3 is 6.18 Å². The van der Waals surface area contributed by atoms with Crippen molar-refractivity contribution in [1.29, 1.82) is 0 Å². The highest BCUT2D eigenvalue weighted by Gasteiger charge is 2.38. The number of aldehydes is 1. The SMILES string of the molecule is Cc1cccc(N2CCN(C(C=O)Cn3nc(C(F)(F)F)c(Cl)c3C)CC2)c1C. The normalized spacial score (nSPS) is 16.9. The predicted octanol–water partition coefficient (Wildman–Crippen LogP) is 3.87. The second kappa shape index (κ2) is 8.36. The Hall–Kier alpha value is -2.06. The number of piperazine rings is 1. The molecule has 2 aromatic rings. The lowest BCUT2D eigenvalue weighted by Gasteiger charge is -2.39. The number of benzene rings is 1. The number of alkyl halides is 3. The van der Waals surface area contributed by atoms with Gasteiger partial charge < -0.3 is 9.69 Å². The van der Waals surface area contributed by atoms with Gasteiger partial charge in [0.2, 0.25) is 0 Å². The van der Waals surface area contributed by atoms with Crippen molar-refractivity contribution in [3.8, 4) is 0 Å². The van der Waals surface area contributed by atoms with Crippen LogP contribution < -0.4 is 4.90 Å². The molecule has 1 aliphatic heterocycles. The number of rotatable bonds is 5. The van der Waals surface area contributed by atoms with E-state index in [0.29, 0.717) is 13.1 Å². The fraction of sp³-hybridized carbons (Fsp3) is 0.500. The Labute approximate surface area is 173 Å². The van der Waals surface area contributed by atoms with E-state index in [0.717, 1.165) is 19.4 Å². The van der Waals surface area contributed by atoms with Gasteiger partial charge in [0.15, 0.2) is 5.69 Å². The van der Waals surface area contributed by atoms with Crippen molar-refractivity contribution in [3.63, 3.8) is 0 Å². The van der Waals surface area contributed by atoms with E-state index in [1.54, 1.807) is 0 Å². The number of hydrogen-bond donors (Lipinski definition) is 0. The Morgan fingerprint density at radius 1 is 1.17 bits per heavy atom. The monoisotopic (exact) mass is 428 g/mol. The maximum absolute atomic E-state index is 13.0. The van der Waals surface area contributed by atoms with Gasteiger partial charge in [-0.3, -0.25) is 9.58 Å². The predicted molar refractivity (Wildman–Crippen MR) is 107 cm³/mol. The van der Waals surface area contributed by atoms with Gasteiger partial charge in [0.05, 0.1) is 23.3 Å². The number of hydrogen-bond acceptors (Lipinski definition) is 4. The lowest BCUT2D eigenvalue weighted by molar-refractivity contribution is -0.141. The van der Waals surface area contributed by atoms with Gasteiger partial charge in [0, 0.05) is 31.9 Å². The van der Waals surface area contributed by atoms with Crippen molar-refractivity contribution < 1.29 is 18.0 Å². The minimum absolute atomic E-state index is 0.0363. The summed E-state index contributed by atoms with van der Waals surface area (Å²) in [7, 11) is 0. The molecule has 1 fully saturated rings. The maximum atomic E-state index is 13.0. The topological polar surface area (TPSA) is 41.4 Å². The van der Waals surface area contributed by atoms with Crippen LogP contribution in [0.1, 0.15) is 22.5 Å². The molecule has 0 amide bonds. The summed E-state index contributed by atoms with van der Waals surface area (Å²) in [5.74, 6) is 0. The standard InChI is InChI=1S/C20H24ClF3N4O/c1-13-5-4-6-17(14(13)2)27-9-7-26(8-10-27)16(12-29)11-28-15(3)18(21)19(25-28)20(22,23)24/h4-6,12,16H,7-11H2,1-3H3. The van der Waals surface area contributed by atoms with Crippen LogP contribution in [0.5, 0.6) is 0 Å². The first kappa shape index (κ1) is 21.6. The molecular weight excluding hydrogens is 405 g/mol. The second-order valence-electron chi connectivity index (χ2n) is 7.37. The first-order valence-corrected chi connectivity index (χ1v) is 9.82. The summed E-state index contributed by atoms with van der Waals surface area (Å²) >= 11 is 5.81. The van der Waals surface area contributed by atoms with Crippen molar-refractivity contribution >= 4 is 23.6 Å². The molecule has 2 heterocycles. The van der Waals surface area contributed by atoms with Crippen LogP contribution in [-0.4, -0.2) is 53.2 Å². The van der Waals surface area contributed by atoms with Crippen molar-refractivity contribution in [2.75, 3.05) is 31.1 Å². The molecule has 1 aliphatic rings. The molecule has 3 rings (SSSR count). The minimum Gasteiger partial charge on any atom is -0.369 e. The van der Waals surface area contributed by atoms with Crippen molar-refractivity contribution in [2.45, 2.75) is 39.5 Å². The minimum atomic E-state index is -4.62. The molecule has 0 spiro atoms. The zero-order chi connectivity index (χ0) is 21.3. The van der Waals surface area contributed by atoms with Crippen LogP contribution in [0.25, 0.3) is 0 Å². The number of carbonyl (C=O) groups excluding carboxylic acids is 1. The van der Waals surface area contributed by atoms with Gasteiger partial charge in [0.25, 0.3) is 0 Å². The van der Waals surface area contributed by atoms with Crippen LogP contribution in [-0.2, 0) is 17.5 Å². The smallest absolute Gasteiger partial charge is 0.369 e. The van der Waals surface area contributed by atoms with Gasteiger partial charge in [0.1, 0.15) is 6.29 Å². The fourth-order valence-corrected chi connectivity index (χ4v) is 3.92. The quantitative estimate of drug-likeness (QED) is 0.678. The molecule has 1 aromatic heterocycles. The number of nitrogens with zero attached hydrogens (tertiary/aromatic N) is 4. The van der Waals surface area contributed by atoms with Gasteiger partial charge in [-0.2, -0.15) is 18.3 Å². The molecule has 1 aromatic carbocycles.